The first-order chi connectivity index (χ1) is 8.08. The molecule has 2 aliphatic rings. The molecule has 1 heterocycles. The summed E-state index contributed by atoms with van der Waals surface area (Å²) >= 11 is 0. The number of hydrogen-bond donors (Lipinski definition) is 1. The number of carbonyl (C=O) groups excluding carboxylic acids is 2. The molecular formula is C12H21N3O2. The van der Waals surface area contributed by atoms with Crippen LogP contribution in [0.5, 0.6) is 0 Å². The Morgan fingerprint density at radius 1 is 1.35 bits per heavy atom. The first kappa shape index (κ1) is 12.4. The van der Waals surface area contributed by atoms with Crippen LogP contribution in [0.3, 0.4) is 0 Å². The van der Waals surface area contributed by atoms with E-state index in [1.54, 1.807) is 16.8 Å². The summed E-state index contributed by atoms with van der Waals surface area (Å²) in [6, 6.07) is 0.154. The minimum absolute atomic E-state index is 0.0321. The molecule has 5 nitrogen and oxygen atoms in total. The number of rotatable bonds is 1. The SMILES string of the molecule is CN1CCN(C(=O)C2CCCC(N)C2)CC1=O. The van der Waals surface area contributed by atoms with Crippen LogP contribution in [0, 0.1) is 5.92 Å². The van der Waals surface area contributed by atoms with Crippen LogP contribution >= 0.6 is 0 Å². The van der Waals surface area contributed by atoms with Crippen molar-refractivity contribution in [3.8, 4) is 0 Å². The lowest BCUT2D eigenvalue weighted by Crippen LogP contribution is -2.52. The van der Waals surface area contributed by atoms with Gasteiger partial charge in [-0.05, 0) is 19.3 Å². The van der Waals surface area contributed by atoms with Crippen molar-refractivity contribution in [1.82, 2.24) is 9.80 Å². The second kappa shape index (κ2) is 5.04. The van der Waals surface area contributed by atoms with Gasteiger partial charge in [0.2, 0.25) is 11.8 Å². The Kier molecular flexibility index (Phi) is 3.66. The number of amides is 2. The summed E-state index contributed by atoms with van der Waals surface area (Å²) in [5.74, 6) is 0.196. The average Bonchev–Trinajstić information content (AvgIpc) is 2.32. The summed E-state index contributed by atoms with van der Waals surface area (Å²) in [5.41, 5.74) is 5.90. The molecule has 1 aliphatic heterocycles. The minimum Gasteiger partial charge on any atom is -0.342 e. The van der Waals surface area contributed by atoms with E-state index in [2.05, 4.69) is 0 Å². The molecule has 2 N–H and O–H groups in total. The van der Waals surface area contributed by atoms with Gasteiger partial charge in [0.1, 0.15) is 0 Å². The van der Waals surface area contributed by atoms with E-state index in [0.717, 1.165) is 25.7 Å². The van der Waals surface area contributed by atoms with E-state index in [0.29, 0.717) is 13.1 Å². The number of carbonyl (C=O) groups is 2. The maximum Gasteiger partial charge on any atom is 0.241 e. The first-order valence-electron chi connectivity index (χ1n) is 6.36. The molecule has 17 heavy (non-hydrogen) atoms. The summed E-state index contributed by atoms with van der Waals surface area (Å²) < 4.78 is 0. The number of nitrogens with two attached hydrogens (primary N) is 1. The summed E-state index contributed by atoms with van der Waals surface area (Å²) in [5, 5.41) is 0. The summed E-state index contributed by atoms with van der Waals surface area (Å²) in [6.07, 6.45) is 3.75. The lowest BCUT2D eigenvalue weighted by atomic mass is 9.85. The molecule has 5 heteroatoms. The fourth-order valence-electron chi connectivity index (χ4n) is 2.66. The molecule has 2 fully saturated rings. The van der Waals surface area contributed by atoms with Gasteiger partial charge in [-0.25, -0.2) is 0 Å². The topological polar surface area (TPSA) is 66.6 Å². The van der Waals surface area contributed by atoms with Crippen LogP contribution in [-0.2, 0) is 9.59 Å². The zero-order valence-electron chi connectivity index (χ0n) is 10.4. The van der Waals surface area contributed by atoms with E-state index in [-0.39, 0.29) is 30.3 Å². The van der Waals surface area contributed by atoms with Crippen LogP contribution in [0.2, 0.25) is 0 Å². The number of piperazine rings is 1. The van der Waals surface area contributed by atoms with Gasteiger partial charge in [0.15, 0.2) is 0 Å². The Morgan fingerprint density at radius 3 is 2.76 bits per heavy atom. The largest absolute Gasteiger partial charge is 0.342 e. The lowest BCUT2D eigenvalue weighted by molar-refractivity contribution is -0.147. The number of likely N-dealkylation sites (N-methyl/N-ethyl adjacent to an activating group) is 1. The molecule has 0 aromatic carbocycles. The molecule has 0 aromatic heterocycles. The molecule has 2 atom stereocenters. The third-order valence-electron chi connectivity index (χ3n) is 3.83. The van der Waals surface area contributed by atoms with E-state index >= 15 is 0 Å². The Hall–Kier alpha value is -1.10. The molecule has 0 spiro atoms. The predicted molar refractivity (Wildman–Crippen MR) is 64.2 cm³/mol. The third-order valence-corrected chi connectivity index (χ3v) is 3.83. The van der Waals surface area contributed by atoms with Crippen LogP contribution in [0.15, 0.2) is 0 Å². The van der Waals surface area contributed by atoms with Gasteiger partial charge in [0, 0.05) is 32.1 Å². The zero-order chi connectivity index (χ0) is 12.4. The number of nitrogens with zero attached hydrogens (tertiary/aromatic N) is 2. The Bertz CT molecular complexity index is 319. The predicted octanol–water partition coefficient (Wildman–Crippen LogP) is -0.195. The second-order valence-corrected chi connectivity index (χ2v) is 5.20. The van der Waals surface area contributed by atoms with Gasteiger partial charge < -0.3 is 15.5 Å². The maximum atomic E-state index is 12.3. The number of hydrogen-bond acceptors (Lipinski definition) is 3. The molecule has 0 radical (unpaired) electrons. The Labute approximate surface area is 102 Å². The fourth-order valence-corrected chi connectivity index (χ4v) is 2.66. The molecule has 1 saturated heterocycles. The normalized spacial score (nSPS) is 30.6. The van der Waals surface area contributed by atoms with Gasteiger partial charge in [-0.2, -0.15) is 0 Å². The van der Waals surface area contributed by atoms with Gasteiger partial charge in [-0.15, -0.1) is 0 Å². The van der Waals surface area contributed by atoms with Crippen molar-refractivity contribution in [2.45, 2.75) is 31.7 Å². The van der Waals surface area contributed by atoms with Gasteiger partial charge >= 0.3 is 0 Å². The maximum absolute atomic E-state index is 12.3. The fraction of sp³-hybridized carbons (Fsp3) is 0.833. The molecule has 0 aromatic rings. The van der Waals surface area contributed by atoms with Crippen molar-refractivity contribution >= 4 is 11.8 Å². The lowest BCUT2D eigenvalue weighted by Gasteiger charge is -2.36. The molecule has 2 amide bonds. The van der Waals surface area contributed by atoms with Crippen molar-refractivity contribution in [3.05, 3.63) is 0 Å². The highest BCUT2D eigenvalue weighted by molar-refractivity contribution is 5.87. The molecule has 0 bridgehead atoms. The highest BCUT2D eigenvalue weighted by Gasteiger charge is 2.32. The molecular weight excluding hydrogens is 218 g/mol. The standard InChI is InChI=1S/C12H21N3O2/c1-14-5-6-15(8-11(14)16)12(17)9-3-2-4-10(13)7-9/h9-10H,2-8,13H2,1H3. The third kappa shape index (κ3) is 2.77. The van der Waals surface area contributed by atoms with Gasteiger partial charge in [0.25, 0.3) is 0 Å². The quantitative estimate of drug-likeness (QED) is 0.689. The van der Waals surface area contributed by atoms with E-state index in [1.165, 1.54) is 0 Å². The van der Waals surface area contributed by atoms with Crippen LogP contribution < -0.4 is 5.73 Å². The smallest absolute Gasteiger partial charge is 0.241 e. The summed E-state index contributed by atoms with van der Waals surface area (Å²) in [4.78, 5) is 27.2. The molecule has 2 unspecified atom stereocenters. The Morgan fingerprint density at radius 2 is 2.12 bits per heavy atom. The van der Waals surface area contributed by atoms with Crippen molar-refractivity contribution in [2.24, 2.45) is 11.7 Å². The summed E-state index contributed by atoms with van der Waals surface area (Å²) in [7, 11) is 1.78. The van der Waals surface area contributed by atoms with E-state index in [4.69, 9.17) is 5.73 Å². The Balaban J connectivity index is 1.93. The molecule has 1 saturated carbocycles. The van der Waals surface area contributed by atoms with Crippen molar-refractivity contribution in [3.63, 3.8) is 0 Å². The second-order valence-electron chi connectivity index (χ2n) is 5.20. The zero-order valence-corrected chi connectivity index (χ0v) is 10.4. The van der Waals surface area contributed by atoms with E-state index < -0.39 is 0 Å². The van der Waals surface area contributed by atoms with E-state index in [9.17, 15) is 9.59 Å². The van der Waals surface area contributed by atoms with Gasteiger partial charge in [-0.3, -0.25) is 9.59 Å². The van der Waals surface area contributed by atoms with Gasteiger partial charge in [-0.1, -0.05) is 6.42 Å². The highest BCUT2D eigenvalue weighted by Crippen LogP contribution is 2.25. The first-order valence-corrected chi connectivity index (χ1v) is 6.36. The van der Waals surface area contributed by atoms with E-state index in [1.807, 2.05) is 0 Å². The average molecular weight is 239 g/mol. The van der Waals surface area contributed by atoms with Crippen molar-refractivity contribution in [2.75, 3.05) is 26.7 Å². The minimum atomic E-state index is 0.0321. The summed E-state index contributed by atoms with van der Waals surface area (Å²) in [6.45, 7) is 1.54. The molecule has 1 aliphatic carbocycles. The van der Waals surface area contributed by atoms with Crippen molar-refractivity contribution < 1.29 is 9.59 Å². The molecule has 2 rings (SSSR count). The van der Waals surface area contributed by atoms with Crippen LogP contribution in [0.1, 0.15) is 25.7 Å². The highest BCUT2D eigenvalue weighted by atomic mass is 16.2. The van der Waals surface area contributed by atoms with Crippen molar-refractivity contribution in [1.29, 1.82) is 0 Å². The van der Waals surface area contributed by atoms with Crippen LogP contribution in [-0.4, -0.2) is 54.3 Å². The van der Waals surface area contributed by atoms with Crippen LogP contribution in [0.4, 0.5) is 0 Å². The monoisotopic (exact) mass is 239 g/mol. The van der Waals surface area contributed by atoms with Gasteiger partial charge in [0.05, 0.1) is 6.54 Å². The van der Waals surface area contributed by atoms with Crippen LogP contribution in [0.25, 0.3) is 0 Å². The molecule has 96 valence electrons.